The van der Waals surface area contributed by atoms with Crippen LogP contribution in [0.15, 0.2) is 18.3 Å². The molecule has 1 N–H and O–H groups in total. The van der Waals surface area contributed by atoms with Crippen LogP contribution < -0.4 is 5.32 Å². The summed E-state index contributed by atoms with van der Waals surface area (Å²) in [6.45, 7) is 1.06. The molecule has 1 aliphatic rings. The van der Waals surface area contributed by atoms with Crippen LogP contribution in [0.5, 0.6) is 0 Å². The average Bonchev–Trinajstić information content (AvgIpc) is 2.87. The lowest BCUT2D eigenvalue weighted by Gasteiger charge is -2.16. The van der Waals surface area contributed by atoms with Crippen LogP contribution in [0.1, 0.15) is 16.8 Å². The van der Waals surface area contributed by atoms with Gasteiger partial charge in [0.15, 0.2) is 0 Å². The molecule has 0 aromatic carbocycles. The number of pyridine rings is 1. The number of nitrogens with zero attached hydrogens (tertiary/aromatic N) is 2. The van der Waals surface area contributed by atoms with Crippen LogP contribution in [0.3, 0.4) is 0 Å². The van der Waals surface area contributed by atoms with Crippen LogP contribution in [0, 0.1) is 0 Å². The molecule has 1 fully saturated rings. The molecule has 0 bridgehead atoms. The zero-order valence-electron chi connectivity index (χ0n) is 10.4. The molecule has 6 nitrogen and oxygen atoms in total. The van der Waals surface area contributed by atoms with E-state index in [1.807, 2.05) is 0 Å². The number of alkyl carbamates (subject to hydrolysis) is 1. The Morgan fingerprint density at radius 3 is 2.95 bits per heavy atom. The molecule has 1 saturated heterocycles. The first kappa shape index (κ1) is 13.6. The Balaban J connectivity index is 1.95. The van der Waals surface area contributed by atoms with Crippen molar-refractivity contribution < 1.29 is 14.3 Å². The highest BCUT2D eigenvalue weighted by Gasteiger charge is 2.28. The summed E-state index contributed by atoms with van der Waals surface area (Å²) in [5, 5.41) is 3.03. The third kappa shape index (κ3) is 3.35. The number of amides is 2. The average molecular weight is 284 g/mol. The van der Waals surface area contributed by atoms with Gasteiger partial charge in [0.05, 0.1) is 18.7 Å². The van der Waals surface area contributed by atoms with Crippen molar-refractivity contribution in [3.63, 3.8) is 0 Å². The quantitative estimate of drug-likeness (QED) is 0.831. The molecule has 1 atom stereocenters. The maximum absolute atomic E-state index is 12.2. The van der Waals surface area contributed by atoms with Crippen molar-refractivity contribution in [1.82, 2.24) is 15.2 Å². The van der Waals surface area contributed by atoms with Crippen molar-refractivity contribution in [2.75, 3.05) is 20.2 Å². The number of halogens is 1. The number of hydrogen-bond acceptors (Lipinski definition) is 4. The van der Waals surface area contributed by atoms with Crippen molar-refractivity contribution in [2.45, 2.75) is 12.5 Å². The van der Waals surface area contributed by atoms with E-state index in [1.165, 1.54) is 13.3 Å². The number of nitrogens with one attached hydrogen (secondary N) is 1. The lowest BCUT2D eigenvalue weighted by molar-refractivity contribution is 0.0787. The van der Waals surface area contributed by atoms with E-state index in [2.05, 4.69) is 15.0 Å². The van der Waals surface area contributed by atoms with E-state index in [-0.39, 0.29) is 11.9 Å². The van der Waals surface area contributed by atoms with Gasteiger partial charge in [0.2, 0.25) is 0 Å². The van der Waals surface area contributed by atoms with Gasteiger partial charge in [0.1, 0.15) is 5.15 Å². The Kier molecular flexibility index (Phi) is 4.21. The predicted octanol–water partition coefficient (Wildman–Crippen LogP) is 1.31. The molecular formula is C12H14ClN3O3. The Labute approximate surface area is 115 Å². The minimum atomic E-state index is -0.479. The fraction of sp³-hybridized carbons (Fsp3) is 0.417. The topological polar surface area (TPSA) is 71.5 Å². The molecule has 2 amide bonds. The number of methoxy groups -OCH3 is 1. The van der Waals surface area contributed by atoms with E-state index in [9.17, 15) is 9.59 Å². The van der Waals surface area contributed by atoms with Crippen LogP contribution in [-0.2, 0) is 4.74 Å². The number of likely N-dealkylation sites (tertiary alicyclic amines) is 1. The molecular weight excluding hydrogens is 270 g/mol. The predicted molar refractivity (Wildman–Crippen MR) is 69.1 cm³/mol. The van der Waals surface area contributed by atoms with Gasteiger partial charge in [0, 0.05) is 19.3 Å². The van der Waals surface area contributed by atoms with Gasteiger partial charge in [-0.15, -0.1) is 0 Å². The fourth-order valence-corrected chi connectivity index (χ4v) is 2.08. The van der Waals surface area contributed by atoms with Crippen molar-refractivity contribution in [2.24, 2.45) is 0 Å². The molecule has 0 radical (unpaired) electrons. The third-order valence-electron chi connectivity index (χ3n) is 2.96. The first-order chi connectivity index (χ1) is 9.10. The molecule has 0 spiro atoms. The summed E-state index contributed by atoms with van der Waals surface area (Å²) in [5.41, 5.74) is 0.489. The third-order valence-corrected chi connectivity index (χ3v) is 3.18. The van der Waals surface area contributed by atoms with Crippen LogP contribution in [-0.4, -0.2) is 48.1 Å². The van der Waals surface area contributed by atoms with Crippen molar-refractivity contribution >= 4 is 23.6 Å². The Morgan fingerprint density at radius 1 is 1.53 bits per heavy atom. The van der Waals surface area contributed by atoms with Gasteiger partial charge in [0.25, 0.3) is 5.91 Å². The van der Waals surface area contributed by atoms with E-state index in [0.29, 0.717) is 30.2 Å². The van der Waals surface area contributed by atoms with E-state index < -0.39 is 6.09 Å². The maximum atomic E-state index is 12.2. The highest BCUT2D eigenvalue weighted by Crippen LogP contribution is 2.14. The first-order valence-electron chi connectivity index (χ1n) is 5.85. The largest absolute Gasteiger partial charge is 0.453 e. The van der Waals surface area contributed by atoms with Crippen LogP contribution in [0.2, 0.25) is 5.15 Å². The van der Waals surface area contributed by atoms with Gasteiger partial charge < -0.3 is 15.0 Å². The second kappa shape index (κ2) is 5.88. The Morgan fingerprint density at radius 2 is 2.32 bits per heavy atom. The van der Waals surface area contributed by atoms with E-state index >= 15 is 0 Å². The van der Waals surface area contributed by atoms with Gasteiger partial charge in [-0.2, -0.15) is 0 Å². The Bertz CT molecular complexity index is 478. The molecule has 19 heavy (non-hydrogen) atoms. The fourth-order valence-electron chi connectivity index (χ4n) is 1.97. The summed E-state index contributed by atoms with van der Waals surface area (Å²) in [5.74, 6) is -0.113. The zero-order chi connectivity index (χ0) is 13.8. The maximum Gasteiger partial charge on any atom is 0.407 e. The molecule has 1 aromatic rings. The summed E-state index contributed by atoms with van der Waals surface area (Å²) in [7, 11) is 1.31. The standard InChI is InChI=1S/C12H14ClN3O3/c1-19-12(18)15-9-4-5-16(7-9)11(17)8-2-3-10(13)14-6-8/h2-3,6,9H,4-5,7H2,1H3,(H,15,18). The molecule has 102 valence electrons. The van der Waals surface area contributed by atoms with E-state index in [1.54, 1.807) is 17.0 Å². The minimum absolute atomic E-state index is 0.0725. The molecule has 1 unspecified atom stereocenters. The highest BCUT2D eigenvalue weighted by atomic mass is 35.5. The Hall–Kier alpha value is -1.82. The number of ether oxygens (including phenoxy) is 1. The second-order valence-electron chi connectivity index (χ2n) is 4.24. The molecule has 0 saturated carbocycles. The summed E-state index contributed by atoms with van der Waals surface area (Å²) in [4.78, 5) is 28.8. The lowest BCUT2D eigenvalue weighted by Crippen LogP contribution is -2.38. The second-order valence-corrected chi connectivity index (χ2v) is 4.63. The van der Waals surface area contributed by atoms with Gasteiger partial charge in [-0.3, -0.25) is 4.79 Å². The van der Waals surface area contributed by atoms with Gasteiger partial charge in [-0.05, 0) is 18.6 Å². The molecule has 1 aliphatic heterocycles. The SMILES string of the molecule is COC(=O)NC1CCN(C(=O)c2ccc(Cl)nc2)C1. The van der Waals surface area contributed by atoms with E-state index in [0.717, 1.165) is 0 Å². The first-order valence-corrected chi connectivity index (χ1v) is 6.23. The number of aromatic nitrogens is 1. The molecule has 7 heteroatoms. The van der Waals surface area contributed by atoms with E-state index in [4.69, 9.17) is 11.6 Å². The summed E-state index contributed by atoms with van der Waals surface area (Å²) < 4.78 is 4.53. The van der Waals surface area contributed by atoms with Crippen LogP contribution in [0.4, 0.5) is 4.79 Å². The van der Waals surface area contributed by atoms with Gasteiger partial charge in [-0.25, -0.2) is 9.78 Å². The summed E-state index contributed by atoms with van der Waals surface area (Å²) >= 11 is 5.68. The number of hydrogen-bond donors (Lipinski definition) is 1. The van der Waals surface area contributed by atoms with Crippen molar-refractivity contribution in [1.29, 1.82) is 0 Å². The minimum Gasteiger partial charge on any atom is -0.453 e. The zero-order valence-corrected chi connectivity index (χ0v) is 11.2. The summed E-state index contributed by atoms with van der Waals surface area (Å²) in [6.07, 6.45) is 1.68. The number of rotatable bonds is 2. The van der Waals surface area contributed by atoms with Crippen LogP contribution in [0.25, 0.3) is 0 Å². The monoisotopic (exact) mass is 283 g/mol. The highest BCUT2D eigenvalue weighted by molar-refractivity contribution is 6.29. The smallest absolute Gasteiger partial charge is 0.407 e. The van der Waals surface area contributed by atoms with Gasteiger partial charge in [-0.1, -0.05) is 11.6 Å². The summed E-state index contributed by atoms with van der Waals surface area (Å²) in [6, 6.07) is 3.14. The van der Waals surface area contributed by atoms with Gasteiger partial charge >= 0.3 is 6.09 Å². The van der Waals surface area contributed by atoms with Crippen molar-refractivity contribution in [3.8, 4) is 0 Å². The molecule has 1 aromatic heterocycles. The molecule has 2 rings (SSSR count). The molecule has 0 aliphatic carbocycles. The number of carbonyl (C=O) groups excluding carboxylic acids is 2. The lowest BCUT2D eigenvalue weighted by atomic mass is 10.2. The van der Waals surface area contributed by atoms with Crippen molar-refractivity contribution in [3.05, 3.63) is 29.0 Å². The number of carbonyl (C=O) groups is 2. The normalized spacial score (nSPS) is 18.2. The molecule has 2 heterocycles. The van der Waals surface area contributed by atoms with Crippen LogP contribution >= 0.6 is 11.6 Å².